The van der Waals surface area contributed by atoms with Crippen LogP contribution in [0.15, 0.2) is 24.3 Å². The Morgan fingerprint density at radius 1 is 1.45 bits per heavy atom. The summed E-state index contributed by atoms with van der Waals surface area (Å²) in [7, 11) is 2.09. The maximum atomic E-state index is 14.1. The van der Waals surface area contributed by atoms with Crippen molar-refractivity contribution in [2.24, 2.45) is 0 Å². The van der Waals surface area contributed by atoms with Crippen LogP contribution >= 0.6 is 0 Å². The molecule has 1 aliphatic carbocycles. The lowest BCUT2D eigenvalue weighted by atomic mass is 9.69. The zero-order valence-corrected chi connectivity index (χ0v) is 11.5. The normalized spacial score (nSPS) is 35.1. The molecule has 4 heteroatoms. The SMILES string of the molecule is CN1CCC23C=CC(O)CC2Oc2c(F)ccc(c23)C1. The van der Waals surface area contributed by atoms with Crippen LogP contribution in [0, 0.1) is 5.82 Å². The van der Waals surface area contributed by atoms with E-state index in [0.29, 0.717) is 12.2 Å². The van der Waals surface area contributed by atoms with Crippen molar-refractivity contribution >= 4 is 0 Å². The summed E-state index contributed by atoms with van der Waals surface area (Å²) in [6.45, 7) is 1.76. The van der Waals surface area contributed by atoms with Crippen molar-refractivity contribution in [1.82, 2.24) is 4.90 Å². The number of hydrogen-bond acceptors (Lipinski definition) is 3. The van der Waals surface area contributed by atoms with E-state index < -0.39 is 6.10 Å². The molecule has 3 aliphatic rings. The summed E-state index contributed by atoms with van der Waals surface area (Å²) >= 11 is 0. The molecule has 0 bridgehead atoms. The minimum atomic E-state index is -0.493. The maximum Gasteiger partial charge on any atom is 0.165 e. The van der Waals surface area contributed by atoms with Gasteiger partial charge in [-0.15, -0.1) is 0 Å². The van der Waals surface area contributed by atoms with Gasteiger partial charge in [-0.1, -0.05) is 18.2 Å². The fraction of sp³-hybridized carbons (Fsp3) is 0.500. The van der Waals surface area contributed by atoms with Gasteiger partial charge in [0.05, 0.1) is 11.5 Å². The molecule has 0 aromatic heterocycles. The second-order valence-corrected chi connectivity index (χ2v) is 6.21. The Morgan fingerprint density at radius 3 is 3.15 bits per heavy atom. The summed E-state index contributed by atoms with van der Waals surface area (Å²) in [6, 6.07) is 3.38. The first-order valence-electron chi connectivity index (χ1n) is 7.14. The van der Waals surface area contributed by atoms with E-state index in [1.807, 2.05) is 12.1 Å². The molecule has 106 valence electrons. The van der Waals surface area contributed by atoms with Crippen LogP contribution < -0.4 is 4.74 Å². The molecule has 3 unspecified atom stereocenters. The molecule has 0 amide bonds. The predicted molar refractivity (Wildman–Crippen MR) is 73.2 cm³/mol. The van der Waals surface area contributed by atoms with Crippen LogP contribution in [-0.4, -0.2) is 35.8 Å². The van der Waals surface area contributed by atoms with Gasteiger partial charge >= 0.3 is 0 Å². The van der Waals surface area contributed by atoms with E-state index in [2.05, 4.69) is 18.0 Å². The third-order valence-electron chi connectivity index (χ3n) is 4.91. The molecule has 0 saturated heterocycles. The summed E-state index contributed by atoms with van der Waals surface area (Å²) < 4.78 is 20.1. The molecule has 3 atom stereocenters. The average molecular weight is 275 g/mol. The summed E-state index contributed by atoms with van der Waals surface area (Å²) in [5.41, 5.74) is 1.89. The molecular weight excluding hydrogens is 257 g/mol. The smallest absolute Gasteiger partial charge is 0.165 e. The van der Waals surface area contributed by atoms with E-state index in [9.17, 15) is 9.50 Å². The van der Waals surface area contributed by atoms with Crippen LogP contribution in [-0.2, 0) is 12.0 Å². The number of halogens is 1. The summed E-state index contributed by atoms with van der Waals surface area (Å²) in [5.74, 6) is 0.117. The lowest BCUT2D eigenvalue weighted by molar-refractivity contribution is 0.0816. The minimum absolute atomic E-state index is 0.153. The Morgan fingerprint density at radius 2 is 2.30 bits per heavy atom. The second kappa shape index (κ2) is 4.06. The number of nitrogens with zero attached hydrogens (tertiary/aromatic N) is 1. The fourth-order valence-corrected chi connectivity index (χ4v) is 3.91. The molecule has 0 fully saturated rings. The lowest BCUT2D eigenvalue weighted by Crippen LogP contribution is -2.42. The van der Waals surface area contributed by atoms with Crippen LogP contribution in [0.25, 0.3) is 0 Å². The Balaban J connectivity index is 1.96. The summed E-state index contributed by atoms with van der Waals surface area (Å²) in [6.07, 6.45) is 4.69. The van der Waals surface area contributed by atoms with Crippen LogP contribution in [0.2, 0.25) is 0 Å². The molecule has 0 saturated carbocycles. The quantitative estimate of drug-likeness (QED) is 0.735. The Hall–Kier alpha value is -1.39. The molecule has 2 aliphatic heterocycles. The van der Waals surface area contributed by atoms with E-state index in [4.69, 9.17) is 4.74 Å². The van der Waals surface area contributed by atoms with Crippen LogP contribution in [0.4, 0.5) is 4.39 Å². The van der Waals surface area contributed by atoms with Gasteiger partial charge in [-0.05, 0) is 31.6 Å². The van der Waals surface area contributed by atoms with Gasteiger partial charge in [0.25, 0.3) is 0 Å². The average Bonchev–Trinajstić information content (AvgIpc) is 2.68. The van der Waals surface area contributed by atoms with Gasteiger partial charge in [0.15, 0.2) is 11.6 Å². The molecule has 1 aromatic carbocycles. The molecule has 1 aromatic rings. The van der Waals surface area contributed by atoms with Gasteiger partial charge in [0, 0.05) is 18.5 Å². The van der Waals surface area contributed by atoms with Gasteiger partial charge < -0.3 is 14.7 Å². The zero-order chi connectivity index (χ0) is 13.9. The van der Waals surface area contributed by atoms with Gasteiger partial charge in [-0.2, -0.15) is 0 Å². The van der Waals surface area contributed by atoms with Gasteiger partial charge in [0.1, 0.15) is 6.10 Å². The summed E-state index contributed by atoms with van der Waals surface area (Å²) in [4.78, 5) is 2.26. The molecule has 1 spiro atoms. The minimum Gasteiger partial charge on any atom is -0.486 e. The fourth-order valence-electron chi connectivity index (χ4n) is 3.91. The van der Waals surface area contributed by atoms with Crippen molar-refractivity contribution in [3.63, 3.8) is 0 Å². The van der Waals surface area contributed by atoms with Crippen LogP contribution in [0.3, 0.4) is 0 Å². The highest BCUT2D eigenvalue weighted by Gasteiger charge is 2.52. The molecule has 4 rings (SSSR count). The van der Waals surface area contributed by atoms with E-state index in [1.165, 1.54) is 6.07 Å². The zero-order valence-electron chi connectivity index (χ0n) is 11.5. The largest absolute Gasteiger partial charge is 0.486 e. The van der Waals surface area contributed by atoms with Crippen molar-refractivity contribution < 1.29 is 14.2 Å². The third kappa shape index (κ3) is 1.52. The molecule has 0 radical (unpaired) electrons. The first kappa shape index (κ1) is 12.4. The molecule has 1 N–H and O–H groups in total. The maximum absolute atomic E-state index is 14.1. The van der Waals surface area contributed by atoms with Gasteiger partial charge in [0.2, 0.25) is 0 Å². The topological polar surface area (TPSA) is 32.7 Å². The van der Waals surface area contributed by atoms with Crippen LogP contribution in [0.1, 0.15) is 24.0 Å². The number of aliphatic hydroxyl groups is 1. The molecule has 2 heterocycles. The Bertz CT molecular complexity index is 600. The number of aliphatic hydroxyl groups excluding tert-OH is 1. The van der Waals surface area contributed by atoms with Crippen LogP contribution in [0.5, 0.6) is 5.75 Å². The van der Waals surface area contributed by atoms with E-state index in [-0.39, 0.29) is 17.3 Å². The van der Waals surface area contributed by atoms with E-state index in [0.717, 1.165) is 30.6 Å². The number of ether oxygens (including phenoxy) is 1. The van der Waals surface area contributed by atoms with Crippen molar-refractivity contribution in [2.45, 2.75) is 37.0 Å². The Labute approximate surface area is 117 Å². The highest BCUT2D eigenvalue weighted by Crippen LogP contribution is 2.53. The Kier molecular flexibility index (Phi) is 2.51. The van der Waals surface area contributed by atoms with Crippen molar-refractivity contribution in [2.75, 3.05) is 13.6 Å². The molecular formula is C16H18FNO2. The second-order valence-electron chi connectivity index (χ2n) is 6.21. The van der Waals surface area contributed by atoms with Crippen molar-refractivity contribution in [1.29, 1.82) is 0 Å². The monoisotopic (exact) mass is 275 g/mol. The number of hydrogen-bond donors (Lipinski definition) is 1. The first-order chi connectivity index (χ1) is 9.60. The summed E-state index contributed by atoms with van der Waals surface area (Å²) in [5, 5.41) is 9.85. The first-order valence-corrected chi connectivity index (χ1v) is 7.14. The number of rotatable bonds is 0. The highest BCUT2D eigenvalue weighted by molar-refractivity contribution is 5.55. The molecule has 20 heavy (non-hydrogen) atoms. The van der Waals surface area contributed by atoms with Gasteiger partial charge in [-0.3, -0.25) is 0 Å². The molecule has 3 nitrogen and oxygen atoms in total. The highest BCUT2D eigenvalue weighted by atomic mass is 19.1. The predicted octanol–water partition coefficient (Wildman–Crippen LogP) is 1.98. The standard InChI is InChI=1S/C16H18FNO2/c1-18-7-6-16-5-4-11(19)8-13(16)20-15-12(17)3-2-10(9-18)14(15)16/h2-5,11,13,19H,6-9H2,1H3. The van der Waals surface area contributed by atoms with Crippen molar-refractivity contribution in [3.8, 4) is 5.75 Å². The van der Waals surface area contributed by atoms with Crippen molar-refractivity contribution in [3.05, 3.63) is 41.2 Å². The third-order valence-corrected chi connectivity index (χ3v) is 4.91. The van der Waals surface area contributed by atoms with E-state index >= 15 is 0 Å². The lowest BCUT2D eigenvalue weighted by Gasteiger charge is -2.35. The van der Waals surface area contributed by atoms with Gasteiger partial charge in [-0.25, -0.2) is 4.39 Å². The van der Waals surface area contributed by atoms with E-state index in [1.54, 1.807) is 0 Å². The number of benzene rings is 1.